The quantitative estimate of drug-likeness (QED) is 0.933. The Balaban J connectivity index is 1.48. The van der Waals surface area contributed by atoms with Crippen molar-refractivity contribution in [1.29, 1.82) is 0 Å². The van der Waals surface area contributed by atoms with Crippen LogP contribution in [0.2, 0.25) is 0 Å². The van der Waals surface area contributed by atoms with E-state index in [9.17, 15) is 4.79 Å². The molecule has 0 aromatic carbocycles. The summed E-state index contributed by atoms with van der Waals surface area (Å²) in [4.78, 5) is 24.6. The largest absolute Gasteiger partial charge is 0.353 e. The molecule has 1 fully saturated rings. The Labute approximate surface area is 129 Å². The molecule has 0 saturated carbocycles. The van der Waals surface area contributed by atoms with E-state index in [0.29, 0.717) is 19.6 Å². The number of carbonyl (C=O) groups excluding carboxylic acids is 1. The predicted molar refractivity (Wildman–Crippen MR) is 84.5 cm³/mol. The average molecular weight is 297 g/mol. The fourth-order valence-corrected chi connectivity index (χ4v) is 2.47. The lowest BCUT2D eigenvalue weighted by molar-refractivity contribution is 0.194. The first-order valence-electron chi connectivity index (χ1n) is 7.40. The number of amides is 2. The summed E-state index contributed by atoms with van der Waals surface area (Å²) < 4.78 is 0. The number of carbonyl (C=O) groups is 1. The maximum Gasteiger partial charge on any atom is 0.317 e. The van der Waals surface area contributed by atoms with Crippen molar-refractivity contribution in [2.24, 2.45) is 0 Å². The van der Waals surface area contributed by atoms with Crippen molar-refractivity contribution >= 4 is 11.8 Å². The van der Waals surface area contributed by atoms with Crippen LogP contribution in [0.5, 0.6) is 0 Å². The van der Waals surface area contributed by atoms with Crippen LogP contribution in [0.4, 0.5) is 10.6 Å². The molecule has 1 N–H and O–H groups in total. The summed E-state index contributed by atoms with van der Waals surface area (Å²) in [5.74, 6) is 0.970. The topological polar surface area (TPSA) is 61.4 Å². The maximum absolute atomic E-state index is 12.2. The monoisotopic (exact) mass is 297 g/mol. The van der Waals surface area contributed by atoms with Gasteiger partial charge in [-0.1, -0.05) is 12.1 Å². The third-order valence-corrected chi connectivity index (χ3v) is 3.71. The SMILES string of the molecule is O=C(NCc1cccnc1)N1CCN(c2ccccn2)CC1. The molecule has 22 heavy (non-hydrogen) atoms. The standard InChI is InChI=1S/C16H19N5O/c22-16(19-13-14-4-3-6-17-12-14)21-10-8-20(9-11-21)15-5-1-2-7-18-15/h1-7,12H,8-11,13H2,(H,19,22). The lowest BCUT2D eigenvalue weighted by atomic mass is 10.3. The second-order valence-electron chi connectivity index (χ2n) is 5.18. The van der Waals surface area contributed by atoms with Crippen LogP contribution >= 0.6 is 0 Å². The van der Waals surface area contributed by atoms with Crippen molar-refractivity contribution in [3.8, 4) is 0 Å². The Morgan fingerprint density at radius 3 is 2.64 bits per heavy atom. The van der Waals surface area contributed by atoms with Crippen molar-refractivity contribution in [2.75, 3.05) is 31.1 Å². The lowest BCUT2D eigenvalue weighted by Crippen LogP contribution is -2.51. The summed E-state index contributed by atoms with van der Waals surface area (Å²) in [5, 5.41) is 2.94. The smallest absolute Gasteiger partial charge is 0.317 e. The lowest BCUT2D eigenvalue weighted by Gasteiger charge is -2.35. The van der Waals surface area contributed by atoms with Gasteiger partial charge in [0, 0.05) is 51.3 Å². The number of nitrogens with zero attached hydrogens (tertiary/aromatic N) is 4. The van der Waals surface area contributed by atoms with Crippen molar-refractivity contribution in [3.05, 3.63) is 54.5 Å². The molecule has 0 aliphatic carbocycles. The van der Waals surface area contributed by atoms with Crippen LogP contribution in [0.25, 0.3) is 0 Å². The number of piperazine rings is 1. The van der Waals surface area contributed by atoms with Crippen molar-refractivity contribution < 1.29 is 4.79 Å². The summed E-state index contributed by atoms with van der Waals surface area (Å²) in [7, 11) is 0. The van der Waals surface area contributed by atoms with Gasteiger partial charge in [0.05, 0.1) is 0 Å². The molecular formula is C16H19N5O. The average Bonchev–Trinajstić information content (AvgIpc) is 2.61. The van der Waals surface area contributed by atoms with Gasteiger partial charge in [0.25, 0.3) is 0 Å². The van der Waals surface area contributed by atoms with Gasteiger partial charge in [-0.2, -0.15) is 0 Å². The Kier molecular flexibility index (Phi) is 4.48. The number of pyridine rings is 2. The molecule has 3 heterocycles. The van der Waals surface area contributed by atoms with E-state index in [1.54, 1.807) is 18.6 Å². The highest BCUT2D eigenvalue weighted by Crippen LogP contribution is 2.12. The number of rotatable bonds is 3. The van der Waals surface area contributed by atoms with Crippen LogP contribution in [0, 0.1) is 0 Å². The fourth-order valence-electron chi connectivity index (χ4n) is 2.47. The summed E-state index contributed by atoms with van der Waals surface area (Å²) in [5.41, 5.74) is 1.00. The summed E-state index contributed by atoms with van der Waals surface area (Å²) in [6.45, 7) is 3.52. The number of nitrogens with one attached hydrogen (secondary N) is 1. The van der Waals surface area contributed by atoms with Gasteiger partial charge in [-0.15, -0.1) is 0 Å². The highest BCUT2D eigenvalue weighted by Gasteiger charge is 2.21. The number of aromatic nitrogens is 2. The maximum atomic E-state index is 12.2. The number of urea groups is 1. The van der Waals surface area contributed by atoms with Gasteiger partial charge in [0.2, 0.25) is 0 Å². The summed E-state index contributed by atoms with van der Waals surface area (Å²) in [6, 6.07) is 9.68. The van der Waals surface area contributed by atoms with E-state index in [1.807, 2.05) is 35.2 Å². The minimum Gasteiger partial charge on any atom is -0.353 e. The molecule has 114 valence electrons. The Morgan fingerprint density at radius 2 is 1.95 bits per heavy atom. The minimum absolute atomic E-state index is 0.0236. The molecule has 6 nitrogen and oxygen atoms in total. The highest BCUT2D eigenvalue weighted by atomic mass is 16.2. The Hall–Kier alpha value is -2.63. The zero-order valence-corrected chi connectivity index (χ0v) is 12.4. The van der Waals surface area contributed by atoms with Crippen LogP contribution < -0.4 is 10.2 Å². The van der Waals surface area contributed by atoms with Gasteiger partial charge in [-0.3, -0.25) is 4.98 Å². The van der Waals surface area contributed by atoms with Crippen molar-refractivity contribution in [2.45, 2.75) is 6.54 Å². The van der Waals surface area contributed by atoms with Gasteiger partial charge < -0.3 is 15.1 Å². The highest BCUT2D eigenvalue weighted by molar-refractivity contribution is 5.74. The van der Waals surface area contributed by atoms with E-state index in [0.717, 1.165) is 24.5 Å². The summed E-state index contributed by atoms with van der Waals surface area (Å²) in [6.07, 6.45) is 5.28. The molecule has 0 unspecified atom stereocenters. The molecule has 2 aromatic rings. The Morgan fingerprint density at radius 1 is 1.09 bits per heavy atom. The Bertz CT molecular complexity index is 596. The van der Waals surface area contributed by atoms with E-state index < -0.39 is 0 Å². The third kappa shape index (κ3) is 3.52. The molecule has 3 rings (SSSR count). The van der Waals surface area contributed by atoms with Gasteiger partial charge >= 0.3 is 6.03 Å². The molecule has 1 aliphatic heterocycles. The second kappa shape index (κ2) is 6.89. The van der Waals surface area contributed by atoms with Gasteiger partial charge in [-0.25, -0.2) is 9.78 Å². The third-order valence-electron chi connectivity index (χ3n) is 3.71. The number of hydrogen-bond donors (Lipinski definition) is 1. The van der Waals surface area contributed by atoms with Crippen LogP contribution in [-0.4, -0.2) is 47.1 Å². The number of anilines is 1. The van der Waals surface area contributed by atoms with Gasteiger partial charge in [0.15, 0.2) is 0 Å². The normalized spacial score (nSPS) is 14.7. The molecular weight excluding hydrogens is 278 g/mol. The van der Waals surface area contributed by atoms with Crippen LogP contribution in [0.15, 0.2) is 48.9 Å². The zero-order valence-electron chi connectivity index (χ0n) is 12.4. The number of hydrogen-bond acceptors (Lipinski definition) is 4. The van der Waals surface area contributed by atoms with E-state index in [1.165, 1.54) is 0 Å². The van der Waals surface area contributed by atoms with Crippen LogP contribution in [0.3, 0.4) is 0 Å². The first-order valence-corrected chi connectivity index (χ1v) is 7.40. The zero-order chi connectivity index (χ0) is 15.2. The van der Waals surface area contributed by atoms with Gasteiger partial charge in [0.1, 0.15) is 5.82 Å². The van der Waals surface area contributed by atoms with E-state index in [-0.39, 0.29) is 6.03 Å². The summed E-state index contributed by atoms with van der Waals surface area (Å²) >= 11 is 0. The molecule has 2 amide bonds. The molecule has 0 radical (unpaired) electrons. The first kappa shape index (κ1) is 14.3. The van der Waals surface area contributed by atoms with E-state index in [2.05, 4.69) is 20.2 Å². The minimum atomic E-state index is -0.0236. The molecule has 0 atom stereocenters. The molecule has 1 saturated heterocycles. The van der Waals surface area contributed by atoms with E-state index in [4.69, 9.17) is 0 Å². The van der Waals surface area contributed by atoms with Crippen molar-refractivity contribution in [3.63, 3.8) is 0 Å². The van der Waals surface area contributed by atoms with Crippen LogP contribution in [-0.2, 0) is 6.54 Å². The van der Waals surface area contributed by atoms with Crippen molar-refractivity contribution in [1.82, 2.24) is 20.2 Å². The molecule has 6 heteroatoms. The molecule has 2 aromatic heterocycles. The van der Waals surface area contributed by atoms with Gasteiger partial charge in [-0.05, 0) is 23.8 Å². The van der Waals surface area contributed by atoms with Crippen LogP contribution in [0.1, 0.15) is 5.56 Å². The predicted octanol–water partition coefficient (Wildman–Crippen LogP) is 1.51. The second-order valence-corrected chi connectivity index (χ2v) is 5.18. The van der Waals surface area contributed by atoms with E-state index >= 15 is 0 Å². The first-order chi connectivity index (χ1) is 10.8. The molecule has 0 bridgehead atoms. The fraction of sp³-hybridized carbons (Fsp3) is 0.312. The molecule has 1 aliphatic rings. The molecule has 0 spiro atoms.